The summed E-state index contributed by atoms with van der Waals surface area (Å²) >= 11 is 0. The molecule has 0 aliphatic heterocycles. The highest BCUT2D eigenvalue weighted by Gasteiger charge is 2.41. The largest absolute Gasteiger partial charge is 0.432 e. The van der Waals surface area contributed by atoms with Crippen molar-refractivity contribution >= 4 is 10.8 Å². The Kier molecular flexibility index (Phi) is 7.38. The number of benzene rings is 5. The van der Waals surface area contributed by atoms with Gasteiger partial charge in [-0.2, -0.15) is 8.78 Å². The van der Waals surface area contributed by atoms with Crippen LogP contribution in [0.5, 0.6) is 5.75 Å². The zero-order valence-corrected chi connectivity index (χ0v) is 21.2. The molecule has 0 spiro atoms. The fourth-order valence-corrected chi connectivity index (χ4v) is 4.56. The number of ether oxygens (including phenoxy) is 1. The van der Waals surface area contributed by atoms with E-state index in [1.54, 1.807) is 6.92 Å². The highest BCUT2D eigenvalue weighted by atomic mass is 19.3. The van der Waals surface area contributed by atoms with Gasteiger partial charge in [-0.05, 0) is 76.5 Å². The molecule has 0 aliphatic rings. The maximum atomic E-state index is 14.9. The zero-order valence-electron chi connectivity index (χ0n) is 21.2. The summed E-state index contributed by atoms with van der Waals surface area (Å²) in [5.41, 5.74) is -2.60. The van der Waals surface area contributed by atoms with Crippen LogP contribution >= 0.6 is 0 Å². The van der Waals surface area contributed by atoms with E-state index in [1.807, 2.05) is 0 Å². The van der Waals surface area contributed by atoms with Crippen LogP contribution in [0.15, 0.2) is 66.7 Å². The molecule has 0 aliphatic carbocycles. The van der Waals surface area contributed by atoms with Gasteiger partial charge in [0.2, 0.25) is 0 Å². The summed E-state index contributed by atoms with van der Waals surface area (Å²) in [7, 11) is 0. The van der Waals surface area contributed by atoms with Crippen LogP contribution in [-0.4, -0.2) is 0 Å². The van der Waals surface area contributed by atoms with E-state index in [1.165, 1.54) is 6.07 Å². The number of halogens is 10. The molecule has 0 amide bonds. The molecule has 1 nitrogen and oxygen atoms in total. The summed E-state index contributed by atoms with van der Waals surface area (Å²) in [4.78, 5) is 0. The minimum Gasteiger partial charge on any atom is -0.429 e. The van der Waals surface area contributed by atoms with E-state index in [0.29, 0.717) is 18.2 Å². The van der Waals surface area contributed by atoms with E-state index in [9.17, 15) is 43.9 Å². The fraction of sp³-hybridized carbons (Fsp3) is 0.0968. The van der Waals surface area contributed by atoms with Crippen LogP contribution in [0.2, 0.25) is 0 Å². The molecule has 0 saturated carbocycles. The van der Waals surface area contributed by atoms with Crippen molar-refractivity contribution < 1.29 is 48.6 Å². The first kappa shape index (κ1) is 29.0. The van der Waals surface area contributed by atoms with Gasteiger partial charge in [0, 0.05) is 5.56 Å². The summed E-state index contributed by atoms with van der Waals surface area (Å²) in [5.74, 6) is -13.1. The Labute approximate surface area is 231 Å². The van der Waals surface area contributed by atoms with Gasteiger partial charge in [-0.15, -0.1) is 0 Å². The molecule has 0 radical (unpaired) electrons. The van der Waals surface area contributed by atoms with Crippen LogP contribution in [0, 0.1) is 46.5 Å². The second-order valence-corrected chi connectivity index (χ2v) is 9.25. The topological polar surface area (TPSA) is 9.23 Å². The second kappa shape index (κ2) is 10.7. The van der Waals surface area contributed by atoms with Gasteiger partial charge >= 0.3 is 6.11 Å². The number of aryl methyl sites for hydroxylation is 1. The molecule has 0 heterocycles. The maximum Gasteiger partial charge on any atom is 0.432 e. The molecule has 216 valence electrons. The molecular weight excluding hydrogens is 578 g/mol. The van der Waals surface area contributed by atoms with E-state index in [2.05, 4.69) is 4.74 Å². The Hall–Kier alpha value is -4.54. The smallest absolute Gasteiger partial charge is 0.429 e. The first-order valence-corrected chi connectivity index (χ1v) is 12.2. The van der Waals surface area contributed by atoms with Crippen molar-refractivity contribution in [2.75, 3.05) is 0 Å². The first-order valence-electron chi connectivity index (χ1n) is 12.2. The lowest BCUT2D eigenvalue weighted by molar-refractivity contribution is -0.189. The molecule has 42 heavy (non-hydrogen) atoms. The summed E-state index contributed by atoms with van der Waals surface area (Å²) in [6.45, 7) is 1.57. The van der Waals surface area contributed by atoms with E-state index in [4.69, 9.17) is 0 Å². The summed E-state index contributed by atoms with van der Waals surface area (Å²) in [5, 5.41) is -1.08. The van der Waals surface area contributed by atoms with Crippen LogP contribution < -0.4 is 4.74 Å². The van der Waals surface area contributed by atoms with Gasteiger partial charge in [0.25, 0.3) is 0 Å². The third-order valence-electron chi connectivity index (χ3n) is 6.65. The first-order chi connectivity index (χ1) is 19.8. The van der Waals surface area contributed by atoms with Crippen molar-refractivity contribution in [2.24, 2.45) is 0 Å². The van der Waals surface area contributed by atoms with Gasteiger partial charge < -0.3 is 4.74 Å². The highest BCUT2D eigenvalue weighted by molar-refractivity contribution is 5.88. The highest BCUT2D eigenvalue weighted by Crippen LogP contribution is 2.39. The lowest BCUT2D eigenvalue weighted by Gasteiger charge is -2.20. The molecule has 5 rings (SSSR count). The Morgan fingerprint density at radius 1 is 0.571 bits per heavy atom. The molecule has 0 unspecified atom stereocenters. The van der Waals surface area contributed by atoms with Crippen molar-refractivity contribution in [3.05, 3.63) is 124 Å². The van der Waals surface area contributed by atoms with Crippen molar-refractivity contribution in [2.45, 2.75) is 19.5 Å². The predicted molar refractivity (Wildman–Crippen MR) is 135 cm³/mol. The standard InChI is InChI=1S/C31H16F10O/c1-2-14-5-8-20(28(37)27(14)36)17-11-22(33)26(23(34)12-17)31(40,41)42-19-6-3-15(4-7-19)16-9-18-13-24(35)29(38)30(39)25(18)21(32)10-16/h3-13H,2H2,1H3. The second-order valence-electron chi connectivity index (χ2n) is 9.25. The number of alkyl halides is 2. The molecule has 0 fully saturated rings. The minimum absolute atomic E-state index is 0.0173. The predicted octanol–water partition coefficient (Wildman–Crippen LogP) is 9.98. The van der Waals surface area contributed by atoms with Gasteiger partial charge in [0.1, 0.15) is 28.8 Å². The molecule has 0 aromatic heterocycles. The van der Waals surface area contributed by atoms with Crippen LogP contribution in [-0.2, 0) is 12.5 Å². The molecular formula is C31H16F10O. The number of rotatable bonds is 6. The van der Waals surface area contributed by atoms with Crippen molar-refractivity contribution in [3.63, 3.8) is 0 Å². The average molecular weight is 594 g/mol. The number of hydrogen-bond acceptors (Lipinski definition) is 1. The SMILES string of the molecule is CCc1ccc(-c2cc(F)c(C(F)(F)Oc3ccc(-c4cc(F)c5c(F)c(F)c(F)cc5c4)cc3)c(F)c2)c(F)c1F. The molecule has 5 aromatic carbocycles. The molecule has 0 N–H and O–H groups in total. The van der Waals surface area contributed by atoms with Crippen LogP contribution in [0.3, 0.4) is 0 Å². The average Bonchev–Trinajstić information content (AvgIpc) is 2.92. The van der Waals surface area contributed by atoms with E-state index < -0.39 is 80.5 Å². The van der Waals surface area contributed by atoms with Crippen molar-refractivity contribution in [1.29, 1.82) is 0 Å². The Bertz CT molecular complexity index is 1830. The van der Waals surface area contributed by atoms with Gasteiger partial charge in [-0.25, -0.2) is 35.1 Å². The van der Waals surface area contributed by atoms with Gasteiger partial charge in [-0.1, -0.05) is 31.2 Å². The van der Waals surface area contributed by atoms with Gasteiger partial charge in [-0.3, -0.25) is 0 Å². The zero-order chi connectivity index (χ0) is 30.5. The summed E-state index contributed by atoms with van der Waals surface area (Å²) in [6, 6.07) is 9.96. The lowest BCUT2D eigenvalue weighted by atomic mass is 9.99. The molecule has 5 aromatic rings. The van der Waals surface area contributed by atoms with Crippen LogP contribution in [0.1, 0.15) is 18.1 Å². The fourth-order valence-electron chi connectivity index (χ4n) is 4.56. The van der Waals surface area contributed by atoms with Crippen molar-refractivity contribution in [3.8, 4) is 28.0 Å². The molecule has 0 saturated heterocycles. The van der Waals surface area contributed by atoms with Crippen molar-refractivity contribution in [1.82, 2.24) is 0 Å². The van der Waals surface area contributed by atoms with Crippen LogP contribution in [0.4, 0.5) is 43.9 Å². The van der Waals surface area contributed by atoms with E-state index in [0.717, 1.165) is 42.5 Å². The molecule has 0 atom stereocenters. The minimum atomic E-state index is -4.57. The number of fused-ring (bicyclic) bond motifs is 1. The monoisotopic (exact) mass is 594 g/mol. The molecule has 0 bridgehead atoms. The third-order valence-corrected chi connectivity index (χ3v) is 6.65. The third kappa shape index (κ3) is 5.03. The Balaban J connectivity index is 1.43. The number of hydrogen-bond donors (Lipinski definition) is 0. The van der Waals surface area contributed by atoms with E-state index >= 15 is 0 Å². The lowest BCUT2D eigenvalue weighted by Crippen LogP contribution is -2.25. The van der Waals surface area contributed by atoms with E-state index in [-0.39, 0.29) is 28.5 Å². The quantitative estimate of drug-likeness (QED) is 0.140. The Morgan fingerprint density at radius 2 is 1.19 bits per heavy atom. The van der Waals surface area contributed by atoms with Crippen LogP contribution in [0.25, 0.3) is 33.0 Å². The molecule has 11 heteroatoms. The summed E-state index contributed by atoms with van der Waals surface area (Å²) < 4.78 is 148. The normalized spacial score (nSPS) is 11.8. The van der Waals surface area contributed by atoms with Gasteiger partial charge in [0.15, 0.2) is 29.1 Å². The van der Waals surface area contributed by atoms with Gasteiger partial charge in [0.05, 0.1) is 5.39 Å². The Morgan fingerprint density at radius 3 is 1.81 bits per heavy atom. The summed E-state index contributed by atoms with van der Waals surface area (Å²) in [6.07, 6.45) is -4.42. The maximum absolute atomic E-state index is 14.9.